The van der Waals surface area contributed by atoms with Crippen LogP contribution in [0.25, 0.3) is 15.7 Å². The first-order chi connectivity index (χ1) is 13.1. The highest BCUT2D eigenvalue weighted by Crippen LogP contribution is 2.36. The van der Waals surface area contributed by atoms with Crippen LogP contribution in [0.4, 0.5) is 0 Å². The summed E-state index contributed by atoms with van der Waals surface area (Å²) in [4.78, 5) is 22.0. The van der Waals surface area contributed by atoms with E-state index in [1.165, 1.54) is 24.7 Å². The first-order valence-corrected chi connectivity index (χ1v) is 8.98. The molecule has 0 aliphatic carbocycles. The topological polar surface area (TPSA) is 81.0 Å². The van der Waals surface area contributed by atoms with E-state index in [1.807, 2.05) is 49.4 Å². The summed E-state index contributed by atoms with van der Waals surface area (Å²) < 4.78 is 5.93. The zero-order valence-electron chi connectivity index (χ0n) is 14.9. The van der Waals surface area contributed by atoms with Crippen molar-refractivity contribution in [3.63, 3.8) is 0 Å². The molecule has 0 amide bonds. The molecule has 6 nitrogen and oxygen atoms in total. The number of hydrogen-bond acceptors (Lipinski definition) is 6. The molecule has 1 N–H and O–H groups in total. The van der Waals surface area contributed by atoms with E-state index in [0.29, 0.717) is 10.6 Å². The number of carboxylic acids is 1. The highest BCUT2D eigenvalue weighted by Gasteiger charge is 2.21. The number of thiophene rings is 1. The number of rotatable bonds is 7. The molecule has 0 aliphatic heterocycles. The van der Waals surface area contributed by atoms with Gasteiger partial charge in [0.2, 0.25) is 0 Å². The highest BCUT2D eigenvalue weighted by molar-refractivity contribution is 7.20. The van der Waals surface area contributed by atoms with E-state index in [2.05, 4.69) is 10.1 Å². The number of aliphatic carboxylic acids is 1. The minimum atomic E-state index is -1.06. The molecule has 7 heteroatoms. The molecule has 0 saturated carbocycles. The number of carboxylic acid groups (broad SMARTS) is 1. The lowest BCUT2D eigenvalue weighted by atomic mass is 10.1. The smallest absolute Gasteiger partial charge is 0.340 e. The molecule has 0 saturated heterocycles. The molecule has 2 aromatic heterocycles. The monoisotopic (exact) mass is 382 g/mol. The summed E-state index contributed by atoms with van der Waals surface area (Å²) in [5, 5.41) is 14.6. The molecule has 0 bridgehead atoms. The first-order valence-electron chi connectivity index (χ1n) is 8.16. The fourth-order valence-corrected chi connectivity index (χ4v) is 3.80. The van der Waals surface area contributed by atoms with E-state index in [1.54, 1.807) is 6.20 Å². The van der Waals surface area contributed by atoms with Crippen molar-refractivity contribution >= 4 is 38.7 Å². The van der Waals surface area contributed by atoms with E-state index in [9.17, 15) is 9.90 Å². The molecule has 0 spiro atoms. The number of methoxy groups -OCH3 is 1. The molecule has 1 aromatic carbocycles. The standard InChI is InChI=1S/C20H18N2O4S/c1-13(17-8-5-6-10-21-17)22-26-12-15-14-7-3-4-9-18(14)27-19(15)16(11-25-2)20(23)24/h3-11H,12H2,1-2H3,(H,23,24). The maximum atomic E-state index is 11.7. The van der Waals surface area contributed by atoms with Crippen LogP contribution in [0.15, 0.2) is 60.1 Å². The Hall–Kier alpha value is -3.19. The van der Waals surface area contributed by atoms with Crippen molar-refractivity contribution < 1.29 is 19.5 Å². The van der Waals surface area contributed by atoms with E-state index < -0.39 is 5.97 Å². The number of carbonyl (C=O) groups is 1. The van der Waals surface area contributed by atoms with Crippen LogP contribution in [-0.2, 0) is 21.0 Å². The maximum absolute atomic E-state index is 11.7. The summed E-state index contributed by atoms with van der Waals surface area (Å²) in [6.45, 7) is 1.94. The molecular formula is C20H18N2O4S. The average molecular weight is 382 g/mol. The van der Waals surface area contributed by atoms with Crippen LogP contribution in [0.1, 0.15) is 23.1 Å². The maximum Gasteiger partial charge on any atom is 0.340 e. The molecule has 27 heavy (non-hydrogen) atoms. The van der Waals surface area contributed by atoms with Crippen molar-refractivity contribution in [2.24, 2.45) is 5.16 Å². The highest BCUT2D eigenvalue weighted by atomic mass is 32.1. The Bertz CT molecular complexity index is 1010. The van der Waals surface area contributed by atoms with E-state index in [0.717, 1.165) is 21.3 Å². The Morgan fingerprint density at radius 3 is 2.74 bits per heavy atom. The number of hydrogen-bond donors (Lipinski definition) is 1. The lowest BCUT2D eigenvalue weighted by molar-refractivity contribution is -0.130. The van der Waals surface area contributed by atoms with Crippen molar-refractivity contribution in [1.29, 1.82) is 0 Å². The van der Waals surface area contributed by atoms with Crippen molar-refractivity contribution in [3.05, 3.63) is 71.1 Å². The molecule has 2 heterocycles. The molecule has 0 radical (unpaired) electrons. The Balaban J connectivity index is 1.94. The van der Waals surface area contributed by atoms with Gasteiger partial charge >= 0.3 is 5.97 Å². The van der Waals surface area contributed by atoms with Crippen LogP contribution < -0.4 is 0 Å². The van der Waals surface area contributed by atoms with Gasteiger partial charge in [0.1, 0.15) is 17.9 Å². The van der Waals surface area contributed by atoms with Gasteiger partial charge in [0.25, 0.3) is 0 Å². The SMILES string of the molecule is COC=C(C(=O)O)c1sc2ccccc2c1CON=C(C)c1ccccn1. The minimum absolute atomic E-state index is 0.0859. The predicted octanol–water partition coefficient (Wildman–Crippen LogP) is 4.31. The number of benzene rings is 1. The molecule has 0 unspecified atom stereocenters. The number of ether oxygens (including phenoxy) is 1. The summed E-state index contributed by atoms with van der Waals surface area (Å²) in [5.41, 5.74) is 2.21. The number of aromatic nitrogens is 1. The fourth-order valence-electron chi connectivity index (χ4n) is 2.60. The van der Waals surface area contributed by atoms with Crippen molar-refractivity contribution in [2.45, 2.75) is 13.5 Å². The number of oxime groups is 1. The van der Waals surface area contributed by atoms with Crippen LogP contribution in [0.5, 0.6) is 0 Å². The summed E-state index contributed by atoms with van der Waals surface area (Å²) in [6, 6.07) is 13.3. The van der Waals surface area contributed by atoms with Crippen LogP contribution in [0, 0.1) is 0 Å². The summed E-state index contributed by atoms with van der Waals surface area (Å²) in [7, 11) is 1.42. The van der Waals surface area contributed by atoms with E-state index >= 15 is 0 Å². The first kappa shape index (κ1) is 18.6. The molecule has 0 atom stereocenters. The Morgan fingerprint density at radius 1 is 1.26 bits per heavy atom. The van der Waals surface area contributed by atoms with Crippen LogP contribution in [-0.4, -0.2) is 28.9 Å². The quantitative estimate of drug-likeness (QED) is 0.285. The molecular weight excluding hydrogens is 364 g/mol. The third kappa shape index (κ3) is 4.15. The molecule has 3 aromatic rings. The minimum Gasteiger partial charge on any atom is -0.503 e. The van der Waals surface area contributed by atoms with Crippen LogP contribution >= 0.6 is 11.3 Å². The van der Waals surface area contributed by atoms with Gasteiger partial charge in [0.15, 0.2) is 0 Å². The van der Waals surface area contributed by atoms with Gasteiger partial charge in [0, 0.05) is 16.5 Å². The van der Waals surface area contributed by atoms with Crippen molar-refractivity contribution in [2.75, 3.05) is 7.11 Å². The van der Waals surface area contributed by atoms with Crippen LogP contribution in [0.3, 0.4) is 0 Å². The van der Waals surface area contributed by atoms with Gasteiger partial charge in [-0.1, -0.05) is 29.4 Å². The fraction of sp³-hybridized carbons (Fsp3) is 0.150. The van der Waals surface area contributed by atoms with Crippen molar-refractivity contribution in [3.8, 4) is 0 Å². The normalized spacial score (nSPS) is 12.2. The number of nitrogens with zero attached hydrogens (tertiary/aromatic N) is 2. The third-order valence-electron chi connectivity index (χ3n) is 3.85. The summed E-state index contributed by atoms with van der Waals surface area (Å²) in [6.07, 6.45) is 2.92. The zero-order valence-corrected chi connectivity index (χ0v) is 15.7. The lowest BCUT2D eigenvalue weighted by Crippen LogP contribution is -2.03. The lowest BCUT2D eigenvalue weighted by Gasteiger charge is -2.06. The zero-order chi connectivity index (χ0) is 19.2. The summed E-state index contributed by atoms with van der Waals surface area (Å²) >= 11 is 1.39. The molecule has 0 fully saturated rings. The van der Waals surface area contributed by atoms with Gasteiger partial charge < -0.3 is 14.7 Å². The van der Waals surface area contributed by atoms with Crippen molar-refractivity contribution in [1.82, 2.24) is 4.98 Å². The summed E-state index contributed by atoms with van der Waals surface area (Å²) in [5.74, 6) is -1.06. The Kier molecular flexibility index (Phi) is 5.83. The van der Waals surface area contributed by atoms with E-state index in [4.69, 9.17) is 9.57 Å². The largest absolute Gasteiger partial charge is 0.503 e. The van der Waals surface area contributed by atoms with E-state index in [-0.39, 0.29) is 12.2 Å². The number of fused-ring (bicyclic) bond motifs is 1. The predicted molar refractivity (Wildman–Crippen MR) is 106 cm³/mol. The average Bonchev–Trinajstić information content (AvgIpc) is 3.04. The Morgan fingerprint density at radius 2 is 2.04 bits per heavy atom. The Labute approximate surface area is 160 Å². The van der Waals surface area contributed by atoms with Gasteiger partial charge in [-0.3, -0.25) is 4.98 Å². The number of pyridine rings is 1. The van der Waals surface area contributed by atoms with Gasteiger partial charge in [-0.15, -0.1) is 11.3 Å². The molecule has 0 aliphatic rings. The van der Waals surface area contributed by atoms with Gasteiger partial charge in [0.05, 0.1) is 23.9 Å². The second-order valence-electron chi connectivity index (χ2n) is 5.64. The van der Waals surface area contributed by atoms with Gasteiger partial charge in [-0.25, -0.2) is 4.79 Å². The van der Waals surface area contributed by atoms with Gasteiger partial charge in [-0.2, -0.15) is 0 Å². The molecule has 3 rings (SSSR count). The second kappa shape index (κ2) is 8.46. The third-order valence-corrected chi connectivity index (χ3v) is 5.10. The van der Waals surface area contributed by atoms with Gasteiger partial charge in [-0.05, 0) is 30.5 Å². The van der Waals surface area contributed by atoms with Crippen LogP contribution in [0.2, 0.25) is 0 Å². The molecule has 138 valence electrons. The second-order valence-corrected chi connectivity index (χ2v) is 6.70.